The van der Waals surface area contributed by atoms with Crippen LogP contribution in [0.2, 0.25) is 5.02 Å². The lowest BCUT2D eigenvalue weighted by atomic mass is 10.0. The average molecular weight is 325 g/mol. The van der Waals surface area contributed by atoms with E-state index in [1.807, 2.05) is 24.1 Å². The molecule has 5 heteroatoms. The van der Waals surface area contributed by atoms with E-state index >= 15 is 0 Å². The summed E-state index contributed by atoms with van der Waals surface area (Å²) in [6.07, 6.45) is 1.55. The molecule has 1 amide bonds. The predicted molar refractivity (Wildman–Crippen MR) is 89.4 cm³/mol. The first kappa shape index (κ1) is 17.1. The predicted octanol–water partition coefficient (Wildman–Crippen LogP) is 3.05. The van der Waals surface area contributed by atoms with Gasteiger partial charge in [-0.2, -0.15) is 0 Å². The van der Waals surface area contributed by atoms with Crippen molar-refractivity contribution in [2.24, 2.45) is 0 Å². The van der Waals surface area contributed by atoms with Crippen molar-refractivity contribution in [2.75, 3.05) is 26.7 Å². The molecule has 0 N–H and O–H groups in total. The third-order valence-corrected chi connectivity index (χ3v) is 4.59. The van der Waals surface area contributed by atoms with Crippen molar-refractivity contribution in [1.82, 2.24) is 9.80 Å². The van der Waals surface area contributed by atoms with Crippen molar-refractivity contribution < 1.29 is 9.53 Å². The van der Waals surface area contributed by atoms with Crippen LogP contribution in [-0.2, 0) is 4.79 Å². The zero-order valence-electron chi connectivity index (χ0n) is 13.6. The third-order valence-electron chi connectivity index (χ3n) is 4.36. The number of carbonyl (C=O) groups excluding carboxylic acids is 1. The number of likely N-dealkylation sites (N-methyl/N-ethyl adjacent to an activating group) is 1. The Bertz CT molecular complexity index is 501. The lowest BCUT2D eigenvalue weighted by molar-refractivity contribution is -0.139. The van der Waals surface area contributed by atoms with Crippen LogP contribution in [0.1, 0.15) is 26.7 Å². The number of benzene rings is 1. The van der Waals surface area contributed by atoms with Crippen LogP contribution in [-0.4, -0.2) is 54.5 Å². The number of carbonyl (C=O) groups is 1. The molecule has 0 spiro atoms. The third kappa shape index (κ3) is 4.37. The van der Waals surface area contributed by atoms with E-state index in [1.165, 1.54) is 0 Å². The van der Waals surface area contributed by atoms with Gasteiger partial charge in [0.15, 0.2) is 6.10 Å². The summed E-state index contributed by atoms with van der Waals surface area (Å²) in [6.45, 7) is 7.17. The molecule has 1 aromatic carbocycles. The molecule has 122 valence electrons. The Labute approximate surface area is 138 Å². The van der Waals surface area contributed by atoms with Crippen LogP contribution in [0.3, 0.4) is 0 Å². The molecule has 1 atom stereocenters. The molecule has 22 heavy (non-hydrogen) atoms. The van der Waals surface area contributed by atoms with Gasteiger partial charge < -0.3 is 14.5 Å². The normalized spacial score (nSPS) is 18.0. The van der Waals surface area contributed by atoms with Crippen LogP contribution in [0.4, 0.5) is 0 Å². The van der Waals surface area contributed by atoms with Gasteiger partial charge in [-0.05, 0) is 44.5 Å². The quantitative estimate of drug-likeness (QED) is 0.834. The van der Waals surface area contributed by atoms with Gasteiger partial charge in [0.2, 0.25) is 0 Å². The maximum atomic E-state index is 12.5. The number of rotatable bonds is 5. The van der Waals surface area contributed by atoms with E-state index in [0.717, 1.165) is 32.5 Å². The Morgan fingerprint density at radius 1 is 1.45 bits per heavy atom. The van der Waals surface area contributed by atoms with E-state index in [2.05, 4.69) is 11.8 Å². The molecule has 4 nitrogen and oxygen atoms in total. The first-order chi connectivity index (χ1) is 10.5. The number of ether oxygens (including phenoxy) is 1. The fraction of sp³-hybridized carbons (Fsp3) is 0.588. The number of amides is 1. The molecule has 1 aliphatic rings. The van der Waals surface area contributed by atoms with Crippen molar-refractivity contribution in [3.8, 4) is 5.75 Å². The van der Waals surface area contributed by atoms with Gasteiger partial charge in [0.1, 0.15) is 5.75 Å². The summed E-state index contributed by atoms with van der Waals surface area (Å²) in [4.78, 5) is 16.8. The number of piperidine rings is 1. The van der Waals surface area contributed by atoms with Crippen molar-refractivity contribution in [3.63, 3.8) is 0 Å². The molecule has 1 heterocycles. The number of nitrogens with zero attached hydrogens (tertiary/aromatic N) is 2. The van der Waals surface area contributed by atoms with Gasteiger partial charge >= 0.3 is 0 Å². The zero-order valence-corrected chi connectivity index (χ0v) is 14.3. The summed E-state index contributed by atoms with van der Waals surface area (Å²) in [5.74, 6) is 0.650. The van der Waals surface area contributed by atoms with Gasteiger partial charge in [-0.3, -0.25) is 4.79 Å². The molecule has 1 unspecified atom stereocenters. The molecule has 1 aromatic rings. The largest absolute Gasteiger partial charge is 0.481 e. The average Bonchev–Trinajstić information content (AvgIpc) is 2.53. The van der Waals surface area contributed by atoms with E-state index in [1.54, 1.807) is 19.1 Å². The van der Waals surface area contributed by atoms with E-state index in [4.69, 9.17) is 16.3 Å². The smallest absolute Gasteiger partial charge is 0.263 e. The van der Waals surface area contributed by atoms with Crippen LogP contribution in [0.5, 0.6) is 5.75 Å². The van der Waals surface area contributed by atoms with E-state index in [9.17, 15) is 4.79 Å². The van der Waals surface area contributed by atoms with Crippen LogP contribution < -0.4 is 4.74 Å². The molecule has 0 bridgehead atoms. The molecule has 1 saturated heterocycles. The molecule has 0 aliphatic carbocycles. The van der Waals surface area contributed by atoms with Gasteiger partial charge in [0.05, 0.1) is 0 Å². The van der Waals surface area contributed by atoms with E-state index in [0.29, 0.717) is 16.8 Å². The van der Waals surface area contributed by atoms with E-state index in [-0.39, 0.29) is 5.91 Å². The van der Waals surface area contributed by atoms with Crippen LogP contribution in [0, 0.1) is 0 Å². The van der Waals surface area contributed by atoms with E-state index < -0.39 is 6.10 Å². The maximum absolute atomic E-state index is 12.5. The monoisotopic (exact) mass is 324 g/mol. The highest BCUT2D eigenvalue weighted by Gasteiger charge is 2.28. The summed E-state index contributed by atoms with van der Waals surface area (Å²) < 4.78 is 5.73. The van der Waals surface area contributed by atoms with Gasteiger partial charge in [0.25, 0.3) is 5.91 Å². The second-order valence-electron chi connectivity index (χ2n) is 5.83. The fourth-order valence-electron chi connectivity index (χ4n) is 2.88. The Balaban J connectivity index is 1.90. The fourth-order valence-corrected chi connectivity index (χ4v) is 3.06. The number of likely N-dealkylation sites (tertiary alicyclic amines) is 1. The number of hydrogen-bond acceptors (Lipinski definition) is 3. The lowest BCUT2D eigenvalue weighted by Crippen LogP contribution is -2.48. The molecule has 0 aromatic heterocycles. The Hall–Kier alpha value is -1.26. The highest BCUT2D eigenvalue weighted by molar-refractivity contribution is 6.30. The lowest BCUT2D eigenvalue weighted by Gasteiger charge is -2.37. The second-order valence-corrected chi connectivity index (χ2v) is 6.27. The summed E-state index contributed by atoms with van der Waals surface area (Å²) in [6, 6.07) is 7.45. The van der Waals surface area contributed by atoms with Crippen LogP contribution in [0.15, 0.2) is 24.3 Å². The first-order valence-electron chi connectivity index (χ1n) is 7.92. The summed E-state index contributed by atoms with van der Waals surface area (Å²) in [5, 5.41) is 0.609. The second kappa shape index (κ2) is 7.84. The van der Waals surface area contributed by atoms with Gasteiger partial charge in [-0.25, -0.2) is 0 Å². The van der Waals surface area contributed by atoms with Crippen molar-refractivity contribution in [2.45, 2.75) is 38.8 Å². The molecule has 0 radical (unpaired) electrons. The minimum atomic E-state index is -0.507. The number of halogens is 1. The SMILES string of the molecule is CCN1CCC(N(C)C(=O)C(C)Oc2cccc(Cl)c2)CC1. The molecule has 1 aliphatic heterocycles. The van der Waals surface area contributed by atoms with Gasteiger partial charge in [-0.1, -0.05) is 24.6 Å². The van der Waals surface area contributed by atoms with Crippen molar-refractivity contribution >= 4 is 17.5 Å². The zero-order chi connectivity index (χ0) is 16.1. The van der Waals surface area contributed by atoms with Gasteiger partial charge in [-0.15, -0.1) is 0 Å². The molecule has 0 saturated carbocycles. The number of hydrogen-bond donors (Lipinski definition) is 0. The van der Waals surface area contributed by atoms with Crippen molar-refractivity contribution in [1.29, 1.82) is 0 Å². The Kier molecular flexibility index (Phi) is 6.09. The van der Waals surface area contributed by atoms with Crippen LogP contribution >= 0.6 is 11.6 Å². The highest BCUT2D eigenvalue weighted by atomic mass is 35.5. The Morgan fingerprint density at radius 2 is 2.14 bits per heavy atom. The summed E-state index contributed by atoms with van der Waals surface area (Å²) >= 11 is 5.94. The molecular formula is C17H25ClN2O2. The first-order valence-corrected chi connectivity index (χ1v) is 8.30. The van der Waals surface area contributed by atoms with Gasteiger partial charge in [0, 0.05) is 31.2 Å². The minimum absolute atomic E-state index is 0.0231. The molecule has 2 rings (SSSR count). The van der Waals surface area contributed by atoms with Crippen molar-refractivity contribution in [3.05, 3.63) is 29.3 Å². The standard InChI is InChI=1S/C17H25ClN2O2/c1-4-20-10-8-15(9-11-20)19(3)17(21)13(2)22-16-7-5-6-14(18)12-16/h5-7,12-13,15H,4,8-11H2,1-3H3. The summed E-state index contributed by atoms with van der Waals surface area (Å²) in [7, 11) is 1.88. The topological polar surface area (TPSA) is 32.8 Å². The Morgan fingerprint density at radius 3 is 2.73 bits per heavy atom. The van der Waals surface area contributed by atoms with Crippen LogP contribution in [0.25, 0.3) is 0 Å². The highest BCUT2D eigenvalue weighted by Crippen LogP contribution is 2.20. The maximum Gasteiger partial charge on any atom is 0.263 e. The summed E-state index contributed by atoms with van der Waals surface area (Å²) in [5.41, 5.74) is 0. The molecule has 1 fully saturated rings. The molecular weight excluding hydrogens is 300 g/mol. The minimum Gasteiger partial charge on any atom is -0.481 e.